The number of rotatable bonds is 28. The van der Waals surface area contributed by atoms with Crippen molar-refractivity contribution in [3.63, 3.8) is 0 Å². The Hall–Kier alpha value is -1.61. The number of aryl methyl sites for hydroxylation is 2. The maximum absolute atomic E-state index is 11.5. The largest absolute Gasteiger partial charge is 0.507 e. The molecule has 0 spiro atoms. The fourth-order valence-corrected chi connectivity index (χ4v) is 10.0. The van der Waals surface area contributed by atoms with E-state index in [2.05, 4.69) is 38.1 Å². The van der Waals surface area contributed by atoms with Crippen molar-refractivity contribution < 1.29 is 10.2 Å². The predicted octanol–water partition coefficient (Wildman–Crippen LogP) is 15.8. The molecule has 0 bridgehead atoms. The van der Waals surface area contributed by atoms with E-state index in [-0.39, 0.29) is 0 Å². The van der Waals surface area contributed by atoms with Crippen molar-refractivity contribution in [3.8, 4) is 11.5 Å². The molecular formula is C48H78O2S. The number of thioether (sulfide) groups is 1. The Balaban J connectivity index is 1.31. The zero-order chi connectivity index (χ0) is 35.9. The van der Waals surface area contributed by atoms with Crippen LogP contribution < -0.4 is 0 Å². The third-order valence-electron chi connectivity index (χ3n) is 12.3. The van der Waals surface area contributed by atoms with Crippen LogP contribution in [0.3, 0.4) is 0 Å². The molecule has 288 valence electrons. The van der Waals surface area contributed by atoms with Crippen LogP contribution in [0.2, 0.25) is 0 Å². The van der Waals surface area contributed by atoms with Crippen molar-refractivity contribution in [2.75, 3.05) is 0 Å². The predicted molar refractivity (Wildman–Crippen MR) is 225 cm³/mol. The smallest absolute Gasteiger partial charge is 0.122 e. The summed E-state index contributed by atoms with van der Waals surface area (Å²) in [6, 6.07) is 9.40. The van der Waals surface area contributed by atoms with E-state index < -0.39 is 0 Å². The number of hydrogen-bond acceptors (Lipinski definition) is 3. The Morgan fingerprint density at radius 2 is 0.765 bits per heavy atom. The number of hydrogen-bond donors (Lipinski definition) is 2. The molecule has 0 aromatic heterocycles. The SMILES string of the molecule is CCCCCCCCCCCCc1cc(CSCc2cc(CCCCCCCCCCCC)c(O)c(C3CCCC3)c2)cc(C2CCCC2)c1O. The maximum atomic E-state index is 11.5. The fraction of sp³-hybridized carbons (Fsp3) is 0.750. The van der Waals surface area contributed by atoms with Gasteiger partial charge in [-0.25, -0.2) is 0 Å². The van der Waals surface area contributed by atoms with E-state index in [0.717, 1.165) is 24.3 Å². The Morgan fingerprint density at radius 3 is 1.10 bits per heavy atom. The normalized spacial score (nSPS) is 15.4. The Bertz CT molecular complexity index is 1110. The summed E-state index contributed by atoms with van der Waals surface area (Å²) in [6.07, 6.45) is 39.0. The molecule has 0 radical (unpaired) electrons. The van der Waals surface area contributed by atoms with E-state index in [0.29, 0.717) is 23.3 Å². The maximum Gasteiger partial charge on any atom is 0.122 e. The third-order valence-corrected chi connectivity index (χ3v) is 13.4. The highest BCUT2D eigenvalue weighted by Gasteiger charge is 2.24. The van der Waals surface area contributed by atoms with Crippen molar-refractivity contribution >= 4 is 11.8 Å². The first-order valence-electron chi connectivity index (χ1n) is 22.4. The zero-order valence-corrected chi connectivity index (χ0v) is 34.2. The fourth-order valence-electron chi connectivity index (χ4n) is 9.11. The lowest BCUT2D eigenvalue weighted by atomic mass is 9.91. The van der Waals surface area contributed by atoms with Gasteiger partial charge in [-0.3, -0.25) is 0 Å². The van der Waals surface area contributed by atoms with Crippen LogP contribution in [0.15, 0.2) is 24.3 Å². The van der Waals surface area contributed by atoms with E-state index in [1.54, 1.807) is 0 Å². The average Bonchev–Trinajstić information content (AvgIpc) is 3.88. The molecule has 2 aliphatic rings. The molecule has 2 N–H and O–H groups in total. The molecule has 51 heavy (non-hydrogen) atoms. The number of aromatic hydroxyl groups is 2. The first-order valence-corrected chi connectivity index (χ1v) is 23.5. The first-order chi connectivity index (χ1) is 25.1. The summed E-state index contributed by atoms with van der Waals surface area (Å²) in [5.74, 6) is 4.25. The van der Waals surface area contributed by atoms with Gasteiger partial charge in [0.15, 0.2) is 0 Å². The Labute approximate surface area is 319 Å². The molecule has 0 heterocycles. The lowest BCUT2D eigenvalue weighted by Crippen LogP contribution is -2.01. The summed E-state index contributed by atoms with van der Waals surface area (Å²) >= 11 is 2.02. The van der Waals surface area contributed by atoms with Gasteiger partial charge in [-0.1, -0.05) is 179 Å². The highest BCUT2D eigenvalue weighted by atomic mass is 32.2. The van der Waals surface area contributed by atoms with Crippen LogP contribution in [0, 0.1) is 0 Å². The summed E-state index contributed by atoms with van der Waals surface area (Å²) in [7, 11) is 0. The molecule has 0 unspecified atom stereocenters. The van der Waals surface area contributed by atoms with E-state index in [1.807, 2.05) is 11.8 Å². The molecule has 2 aliphatic carbocycles. The van der Waals surface area contributed by atoms with E-state index in [9.17, 15) is 10.2 Å². The molecule has 0 atom stereocenters. The Morgan fingerprint density at radius 1 is 0.451 bits per heavy atom. The van der Waals surface area contributed by atoms with Gasteiger partial charge in [-0.2, -0.15) is 11.8 Å². The monoisotopic (exact) mass is 719 g/mol. The molecule has 2 aromatic rings. The van der Waals surface area contributed by atoms with Crippen LogP contribution in [-0.2, 0) is 24.3 Å². The van der Waals surface area contributed by atoms with Gasteiger partial charge in [-0.05, 0) is 96.6 Å². The van der Waals surface area contributed by atoms with Crippen LogP contribution in [0.25, 0.3) is 0 Å². The minimum absolute atomic E-state index is 0.529. The van der Waals surface area contributed by atoms with Crippen LogP contribution in [-0.4, -0.2) is 10.2 Å². The lowest BCUT2D eigenvalue weighted by Gasteiger charge is -2.19. The second-order valence-corrected chi connectivity index (χ2v) is 17.7. The van der Waals surface area contributed by atoms with Crippen molar-refractivity contribution in [1.29, 1.82) is 0 Å². The number of phenols is 2. The van der Waals surface area contributed by atoms with E-state index in [1.165, 1.54) is 213 Å². The lowest BCUT2D eigenvalue weighted by molar-refractivity contribution is 0.451. The molecule has 2 fully saturated rings. The van der Waals surface area contributed by atoms with Gasteiger partial charge in [0.2, 0.25) is 0 Å². The summed E-state index contributed by atoms with van der Waals surface area (Å²) in [5.41, 5.74) is 7.64. The minimum Gasteiger partial charge on any atom is -0.507 e. The van der Waals surface area contributed by atoms with Crippen molar-refractivity contribution in [2.45, 2.75) is 230 Å². The summed E-state index contributed by atoms with van der Waals surface area (Å²) < 4.78 is 0. The molecule has 2 nitrogen and oxygen atoms in total. The quantitative estimate of drug-likeness (QED) is 0.0861. The molecule has 2 saturated carbocycles. The topological polar surface area (TPSA) is 40.5 Å². The molecular weight excluding hydrogens is 641 g/mol. The van der Waals surface area contributed by atoms with Gasteiger partial charge < -0.3 is 10.2 Å². The highest BCUT2D eigenvalue weighted by Crippen LogP contribution is 2.43. The van der Waals surface area contributed by atoms with E-state index >= 15 is 0 Å². The number of benzene rings is 2. The molecule has 3 heteroatoms. The Kier molecular flexibility index (Phi) is 21.0. The minimum atomic E-state index is 0.529. The van der Waals surface area contributed by atoms with E-state index in [4.69, 9.17) is 0 Å². The molecule has 2 aromatic carbocycles. The average molecular weight is 719 g/mol. The second kappa shape index (κ2) is 25.4. The highest BCUT2D eigenvalue weighted by molar-refractivity contribution is 7.97. The van der Waals surface area contributed by atoms with Gasteiger partial charge in [0.25, 0.3) is 0 Å². The summed E-state index contributed by atoms with van der Waals surface area (Å²) in [4.78, 5) is 0. The number of phenolic OH excluding ortho intramolecular Hbond substituents is 2. The second-order valence-electron chi connectivity index (χ2n) is 16.7. The summed E-state index contributed by atoms with van der Waals surface area (Å²) in [6.45, 7) is 4.59. The third kappa shape index (κ3) is 15.3. The van der Waals surface area contributed by atoms with Gasteiger partial charge in [0, 0.05) is 11.5 Å². The molecule has 0 saturated heterocycles. The standard InChI is InChI=1S/C48H78O2S/c1-3-5-7-9-11-13-15-17-19-21-31-43-33-39(35-45(47(43)49)41-27-23-24-28-41)37-51-38-40-34-44(48(50)46(36-40)42-29-25-26-30-42)32-22-20-18-16-14-12-10-8-6-4-2/h33-36,41-42,49-50H,3-32,37-38H2,1-2H3. The van der Waals surface area contributed by atoms with Crippen LogP contribution in [0.4, 0.5) is 0 Å². The van der Waals surface area contributed by atoms with Gasteiger partial charge in [0.05, 0.1) is 0 Å². The van der Waals surface area contributed by atoms with Gasteiger partial charge in [-0.15, -0.1) is 0 Å². The van der Waals surface area contributed by atoms with Crippen LogP contribution in [0.5, 0.6) is 11.5 Å². The summed E-state index contributed by atoms with van der Waals surface area (Å²) in [5, 5.41) is 22.9. The van der Waals surface area contributed by atoms with Crippen molar-refractivity contribution in [3.05, 3.63) is 57.6 Å². The molecule has 0 amide bonds. The van der Waals surface area contributed by atoms with Crippen LogP contribution >= 0.6 is 11.8 Å². The first kappa shape index (κ1) is 42.1. The van der Waals surface area contributed by atoms with Gasteiger partial charge in [0.1, 0.15) is 11.5 Å². The van der Waals surface area contributed by atoms with Crippen molar-refractivity contribution in [2.24, 2.45) is 0 Å². The van der Waals surface area contributed by atoms with Gasteiger partial charge >= 0.3 is 0 Å². The van der Waals surface area contributed by atoms with Crippen LogP contribution in [0.1, 0.15) is 239 Å². The molecule has 4 rings (SSSR count). The van der Waals surface area contributed by atoms with Crippen molar-refractivity contribution in [1.82, 2.24) is 0 Å². The zero-order valence-electron chi connectivity index (χ0n) is 33.4. The molecule has 0 aliphatic heterocycles. The number of unbranched alkanes of at least 4 members (excludes halogenated alkanes) is 18.